The molecule has 1 amide bonds. The summed E-state index contributed by atoms with van der Waals surface area (Å²) in [6, 6.07) is 15.8. The first-order chi connectivity index (χ1) is 13.8. The van der Waals surface area contributed by atoms with Gasteiger partial charge in [-0.2, -0.15) is 0 Å². The monoisotopic (exact) mass is 409 g/mol. The molecule has 0 unspecified atom stereocenters. The Balaban J connectivity index is 2.03. The Morgan fingerprint density at radius 2 is 1.59 bits per heavy atom. The molecule has 150 valence electrons. The minimum absolute atomic E-state index is 0.130. The number of anilines is 4. The summed E-state index contributed by atoms with van der Waals surface area (Å²) < 4.78 is 0. The normalized spacial score (nSPS) is 11.7. The van der Waals surface area contributed by atoms with E-state index in [1.165, 1.54) is 0 Å². The minimum atomic E-state index is -0.676. The van der Waals surface area contributed by atoms with Gasteiger partial charge in [0.25, 0.3) is 0 Å². The number of carbonyl (C=O) groups is 2. The molecule has 1 aromatic heterocycles. The van der Waals surface area contributed by atoms with Crippen molar-refractivity contribution in [3.05, 3.63) is 65.0 Å². The van der Waals surface area contributed by atoms with Crippen molar-refractivity contribution >= 4 is 45.4 Å². The lowest BCUT2D eigenvalue weighted by Crippen LogP contribution is -2.39. The van der Waals surface area contributed by atoms with E-state index in [1.807, 2.05) is 49.3 Å². The number of primary amides is 1. The quantitative estimate of drug-likeness (QED) is 0.581. The van der Waals surface area contributed by atoms with Crippen LogP contribution in [0.5, 0.6) is 0 Å². The van der Waals surface area contributed by atoms with Crippen LogP contribution in [-0.4, -0.2) is 36.8 Å². The van der Waals surface area contributed by atoms with Crippen molar-refractivity contribution in [1.82, 2.24) is 4.98 Å². The van der Waals surface area contributed by atoms with Crippen LogP contribution < -0.4 is 21.3 Å². The molecule has 0 aliphatic rings. The Morgan fingerprint density at radius 1 is 1.00 bits per heavy atom. The van der Waals surface area contributed by atoms with E-state index in [4.69, 9.17) is 11.5 Å². The van der Waals surface area contributed by atoms with E-state index in [0.717, 1.165) is 22.7 Å². The van der Waals surface area contributed by atoms with E-state index in [-0.39, 0.29) is 11.6 Å². The molecule has 0 aliphatic carbocycles. The Morgan fingerprint density at radius 3 is 2.14 bits per heavy atom. The van der Waals surface area contributed by atoms with Crippen LogP contribution in [0.1, 0.15) is 22.2 Å². The summed E-state index contributed by atoms with van der Waals surface area (Å²) in [4.78, 5) is 33.2. The second-order valence-electron chi connectivity index (χ2n) is 6.77. The number of benzene rings is 2. The van der Waals surface area contributed by atoms with Gasteiger partial charge in [0.15, 0.2) is 5.13 Å². The van der Waals surface area contributed by atoms with E-state index in [2.05, 4.69) is 4.98 Å². The van der Waals surface area contributed by atoms with Crippen molar-refractivity contribution in [3.8, 4) is 0 Å². The van der Waals surface area contributed by atoms with Gasteiger partial charge in [0, 0.05) is 31.0 Å². The standard InChI is InChI=1S/C21H23N5O2S/c1-13(20(23)28)26(16-11-9-15(10-12-16)25(2)3)21-24-19(22)18(29-21)17(27)14-7-5-4-6-8-14/h4-13H,22H2,1-3H3,(H2,23,28)/t13-/m1/s1. The molecule has 1 atom stereocenters. The molecule has 0 bridgehead atoms. The maximum atomic E-state index is 12.8. The van der Waals surface area contributed by atoms with Crippen LogP contribution in [-0.2, 0) is 4.79 Å². The highest BCUT2D eigenvalue weighted by Crippen LogP contribution is 2.36. The van der Waals surface area contributed by atoms with Crippen LogP contribution in [0, 0.1) is 0 Å². The molecular formula is C21H23N5O2S. The maximum absolute atomic E-state index is 12.8. The van der Waals surface area contributed by atoms with Crippen molar-refractivity contribution < 1.29 is 9.59 Å². The SMILES string of the molecule is C[C@H](C(N)=O)N(c1ccc(N(C)C)cc1)c1nc(N)c(C(=O)c2ccccc2)s1. The van der Waals surface area contributed by atoms with Gasteiger partial charge in [0.05, 0.1) is 0 Å². The number of nitrogen functional groups attached to an aromatic ring is 1. The fourth-order valence-electron chi connectivity index (χ4n) is 2.84. The fourth-order valence-corrected chi connectivity index (χ4v) is 3.89. The van der Waals surface area contributed by atoms with Crippen molar-refractivity contribution in [1.29, 1.82) is 0 Å². The molecule has 29 heavy (non-hydrogen) atoms. The van der Waals surface area contributed by atoms with Gasteiger partial charge >= 0.3 is 0 Å². The fraction of sp³-hybridized carbons (Fsp3) is 0.190. The predicted molar refractivity (Wildman–Crippen MR) is 118 cm³/mol. The molecule has 3 rings (SSSR count). The second-order valence-corrected chi connectivity index (χ2v) is 7.74. The third kappa shape index (κ3) is 4.22. The zero-order chi connectivity index (χ0) is 21.1. The molecule has 2 aromatic carbocycles. The average molecular weight is 410 g/mol. The highest BCUT2D eigenvalue weighted by atomic mass is 32.1. The van der Waals surface area contributed by atoms with Gasteiger partial charge in [-0.15, -0.1) is 0 Å². The zero-order valence-corrected chi connectivity index (χ0v) is 17.3. The Hall–Kier alpha value is -3.39. The molecule has 0 radical (unpaired) electrons. The first-order valence-corrected chi connectivity index (χ1v) is 9.83. The van der Waals surface area contributed by atoms with Crippen LogP contribution in [0.15, 0.2) is 54.6 Å². The number of thiazole rings is 1. The summed E-state index contributed by atoms with van der Waals surface area (Å²) in [6.07, 6.45) is 0. The van der Waals surface area contributed by atoms with Crippen LogP contribution in [0.4, 0.5) is 22.3 Å². The third-order valence-corrected chi connectivity index (χ3v) is 5.60. The van der Waals surface area contributed by atoms with Gasteiger partial charge in [-0.3, -0.25) is 9.59 Å². The molecule has 7 nitrogen and oxygen atoms in total. The summed E-state index contributed by atoms with van der Waals surface area (Å²) in [5.74, 6) is -0.585. The molecule has 0 saturated carbocycles. The zero-order valence-electron chi connectivity index (χ0n) is 16.5. The van der Waals surface area contributed by atoms with Gasteiger partial charge in [-0.1, -0.05) is 41.7 Å². The largest absolute Gasteiger partial charge is 0.382 e. The molecule has 0 saturated heterocycles. The first kappa shape index (κ1) is 20.3. The van der Waals surface area contributed by atoms with Crippen molar-refractivity contribution in [2.24, 2.45) is 5.73 Å². The lowest BCUT2D eigenvalue weighted by atomic mass is 10.1. The number of nitrogens with zero attached hydrogens (tertiary/aromatic N) is 3. The van der Waals surface area contributed by atoms with Gasteiger partial charge in [-0.25, -0.2) is 4.98 Å². The van der Waals surface area contributed by atoms with Gasteiger partial charge in [0.1, 0.15) is 16.7 Å². The van der Waals surface area contributed by atoms with Crippen LogP contribution in [0.2, 0.25) is 0 Å². The number of nitrogens with two attached hydrogens (primary N) is 2. The number of amides is 1. The van der Waals surface area contributed by atoms with Crippen molar-refractivity contribution in [2.45, 2.75) is 13.0 Å². The molecule has 1 heterocycles. The van der Waals surface area contributed by atoms with Crippen LogP contribution >= 0.6 is 11.3 Å². The van der Waals surface area contributed by atoms with Crippen molar-refractivity contribution in [3.63, 3.8) is 0 Å². The van der Waals surface area contributed by atoms with E-state index in [9.17, 15) is 9.59 Å². The summed E-state index contributed by atoms with van der Waals surface area (Å²) >= 11 is 1.14. The lowest BCUT2D eigenvalue weighted by Gasteiger charge is -2.27. The number of hydrogen-bond acceptors (Lipinski definition) is 7. The maximum Gasteiger partial charge on any atom is 0.240 e. The predicted octanol–water partition coefficient (Wildman–Crippen LogP) is 3.03. The number of aromatic nitrogens is 1. The molecular weight excluding hydrogens is 386 g/mol. The summed E-state index contributed by atoms with van der Waals surface area (Å²) in [5, 5.41) is 0.436. The van der Waals surface area contributed by atoms with Gasteiger partial charge in [0.2, 0.25) is 11.7 Å². The van der Waals surface area contributed by atoms with E-state index in [0.29, 0.717) is 15.6 Å². The second kappa shape index (κ2) is 8.32. The summed E-state index contributed by atoms with van der Waals surface area (Å²) in [7, 11) is 3.89. The molecule has 0 fully saturated rings. The highest BCUT2D eigenvalue weighted by Gasteiger charge is 2.27. The molecule has 0 spiro atoms. The highest BCUT2D eigenvalue weighted by molar-refractivity contribution is 7.18. The van der Waals surface area contributed by atoms with Gasteiger partial charge < -0.3 is 21.3 Å². The summed E-state index contributed by atoms with van der Waals surface area (Å²) in [6.45, 7) is 1.69. The van der Waals surface area contributed by atoms with E-state index >= 15 is 0 Å². The number of ketones is 1. The Bertz CT molecular complexity index is 1020. The van der Waals surface area contributed by atoms with Gasteiger partial charge in [-0.05, 0) is 31.2 Å². The average Bonchev–Trinajstić information content (AvgIpc) is 3.09. The van der Waals surface area contributed by atoms with Crippen LogP contribution in [0.3, 0.4) is 0 Å². The minimum Gasteiger partial charge on any atom is -0.382 e. The smallest absolute Gasteiger partial charge is 0.240 e. The molecule has 3 aromatic rings. The summed E-state index contributed by atoms with van der Waals surface area (Å²) in [5.41, 5.74) is 13.9. The lowest BCUT2D eigenvalue weighted by molar-refractivity contribution is -0.118. The van der Waals surface area contributed by atoms with Crippen molar-refractivity contribution in [2.75, 3.05) is 29.6 Å². The number of hydrogen-bond donors (Lipinski definition) is 2. The topological polar surface area (TPSA) is 106 Å². The molecule has 8 heteroatoms. The van der Waals surface area contributed by atoms with Crippen LogP contribution in [0.25, 0.3) is 0 Å². The van der Waals surface area contributed by atoms with E-state index < -0.39 is 11.9 Å². The number of carbonyl (C=O) groups excluding carboxylic acids is 2. The third-order valence-electron chi connectivity index (χ3n) is 4.53. The number of rotatable bonds is 7. The Labute approximate surface area is 173 Å². The molecule has 4 N–H and O–H groups in total. The van der Waals surface area contributed by atoms with E-state index in [1.54, 1.807) is 36.1 Å². The molecule has 0 aliphatic heterocycles. The first-order valence-electron chi connectivity index (χ1n) is 9.01. The Kier molecular flexibility index (Phi) is 5.84.